The van der Waals surface area contributed by atoms with E-state index >= 15 is 0 Å². The lowest BCUT2D eigenvalue weighted by atomic mass is 10.2. The number of aryl methyl sites for hydroxylation is 1. The van der Waals surface area contributed by atoms with Crippen molar-refractivity contribution in [2.75, 3.05) is 20.3 Å². The van der Waals surface area contributed by atoms with E-state index in [4.69, 9.17) is 14.6 Å². The summed E-state index contributed by atoms with van der Waals surface area (Å²) in [7, 11) is 1.63. The van der Waals surface area contributed by atoms with Gasteiger partial charge in [0.25, 0.3) is 0 Å². The molecule has 0 aliphatic carbocycles. The molecule has 6 heteroatoms. The third-order valence-corrected chi connectivity index (χ3v) is 4.45. The van der Waals surface area contributed by atoms with Crippen LogP contribution < -0.4 is 4.74 Å². The van der Waals surface area contributed by atoms with Crippen LogP contribution in [-0.2, 0) is 24.3 Å². The molecular formula is C21H26N2O4. The summed E-state index contributed by atoms with van der Waals surface area (Å²) in [6.45, 7) is 1.11. The number of hydrogen-bond donors (Lipinski definition) is 2. The van der Waals surface area contributed by atoms with Crippen LogP contribution in [-0.4, -0.2) is 46.2 Å². The van der Waals surface area contributed by atoms with Gasteiger partial charge in [-0.3, -0.25) is 0 Å². The van der Waals surface area contributed by atoms with E-state index in [-0.39, 0.29) is 13.2 Å². The van der Waals surface area contributed by atoms with Crippen molar-refractivity contribution in [3.05, 3.63) is 59.9 Å². The molecule has 2 N–H and O–H groups in total. The number of para-hydroxylation sites is 3. The molecule has 0 spiro atoms. The predicted octanol–water partition coefficient (Wildman–Crippen LogP) is 2.55. The molecular weight excluding hydrogens is 344 g/mol. The Hall–Kier alpha value is -2.41. The van der Waals surface area contributed by atoms with Crippen LogP contribution in [0.2, 0.25) is 0 Å². The molecule has 0 aliphatic rings. The molecule has 2 aromatic carbocycles. The summed E-state index contributed by atoms with van der Waals surface area (Å²) < 4.78 is 13.0. The zero-order chi connectivity index (χ0) is 19.1. The third kappa shape index (κ3) is 4.86. The zero-order valence-corrected chi connectivity index (χ0v) is 15.5. The Morgan fingerprint density at radius 1 is 1.11 bits per heavy atom. The lowest BCUT2D eigenvalue weighted by molar-refractivity contribution is 0.0199. The molecule has 144 valence electrons. The van der Waals surface area contributed by atoms with Crippen molar-refractivity contribution < 1.29 is 19.7 Å². The Bertz CT molecular complexity index is 862. The first-order chi connectivity index (χ1) is 13.2. The summed E-state index contributed by atoms with van der Waals surface area (Å²) in [6, 6.07) is 15.5. The first-order valence-electron chi connectivity index (χ1n) is 9.15. The van der Waals surface area contributed by atoms with Crippen LogP contribution in [0.25, 0.3) is 11.0 Å². The molecule has 6 nitrogen and oxygen atoms in total. The van der Waals surface area contributed by atoms with Gasteiger partial charge in [-0.1, -0.05) is 30.3 Å². The van der Waals surface area contributed by atoms with E-state index in [1.54, 1.807) is 7.11 Å². The minimum absolute atomic E-state index is 0.119. The lowest BCUT2D eigenvalue weighted by Crippen LogP contribution is -2.23. The summed E-state index contributed by atoms with van der Waals surface area (Å²) in [5, 5.41) is 19.6. The van der Waals surface area contributed by atoms with Gasteiger partial charge >= 0.3 is 0 Å². The molecule has 0 unspecified atom stereocenters. The number of aromatic nitrogens is 2. The minimum atomic E-state index is -0.662. The Kier molecular flexibility index (Phi) is 6.81. The fourth-order valence-electron chi connectivity index (χ4n) is 3.15. The van der Waals surface area contributed by atoms with Gasteiger partial charge in [-0.15, -0.1) is 0 Å². The monoisotopic (exact) mass is 370 g/mol. The Morgan fingerprint density at radius 2 is 1.89 bits per heavy atom. The second-order valence-electron chi connectivity index (χ2n) is 6.44. The van der Waals surface area contributed by atoms with Gasteiger partial charge in [0.15, 0.2) is 0 Å². The van der Waals surface area contributed by atoms with Crippen molar-refractivity contribution in [3.8, 4) is 5.75 Å². The summed E-state index contributed by atoms with van der Waals surface area (Å²) >= 11 is 0. The molecule has 0 aliphatic heterocycles. The molecule has 0 saturated heterocycles. The number of rotatable bonds is 10. The lowest BCUT2D eigenvalue weighted by Gasteiger charge is -2.16. The van der Waals surface area contributed by atoms with E-state index in [9.17, 15) is 5.11 Å². The number of methoxy groups -OCH3 is 1. The Balaban J connectivity index is 1.64. The maximum absolute atomic E-state index is 10.5. The van der Waals surface area contributed by atoms with Gasteiger partial charge in [0.2, 0.25) is 0 Å². The molecule has 3 rings (SSSR count). The van der Waals surface area contributed by atoms with Crippen LogP contribution in [0.1, 0.15) is 17.8 Å². The number of aliphatic hydroxyl groups is 2. The van der Waals surface area contributed by atoms with Crippen LogP contribution in [0.5, 0.6) is 5.75 Å². The molecule has 0 radical (unpaired) electrons. The minimum Gasteiger partial charge on any atom is -0.496 e. The van der Waals surface area contributed by atoms with E-state index in [1.807, 2.05) is 53.1 Å². The highest BCUT2D eigenvalue weighted by molar-refractivity contribution is 5.75. The van der Waals surface area contributed by atoms with Crippen molar-refractivity contribution in [1.29, 1.82) is 0 Å². The van der Waals surface area contributed by atoms with Gasteiger partial charge in [-0.2, -0.15) is 0 Å². The van der Waals surface area contributed by atoms with Crippen LogP contribution in [0.4, 0.5) is 0 Å². The normalized spacial score (nSPS) is 12.4. The first-order valence-corrected chi connectivity index (χ1v) is 9.15. The number of hydrogen-bond acceptors (Lipinski definition) is 5. The maximum atomic E-state index is 10.5. The quantitative estimate of drug-likeness (QED) is 0.574. The van der Waals surface area contributed by atoms with E-state index in [1.165, 1.54) is 0 Å². The zero-order valence-electron chi connectivity index (χ0n) is 15.5. The summed E-state index contributed by atoms with van der Waals surface area (Å²) in [5.74, 6) is 1.65. The molecule has 0 saturated carbocycles. The number of fused-ring (bicyclic) bond motifs is 1. The van der Waals surface area contributed by atoms with E-state index < -0.39 is 6.10 Å². The van der Waals surface area contributed by atoms with Crippen molar-refractivity contribution >= 4 is 11.0 Å². The molecule has 1 heterocycles. The average molecular weight is 370 g/mol. The van der Waals surface area contributed by atoms with Crippen LogP contribution in [0.3, 0.4) is 0 Å². The molecule has 27 heavy (non-hydrogen) atoms. The summed E-state index contributed by atoms with van der Waals surface area (Å²) in [5.41, 5.74) is 2.82. The molecule has 0 amide bonds. The predicted molar refractivity (Wildman–Crippen MR) is 104 cm³/mol. The number of imidazole rings is 1. The SMILES string of the molecule is COc1ccccc1COC[C@H](O)Cn1c(CCCO)nc2ccccc21. The third-order valence-electron chi connectivity index (χ3n) is 4.45. The molecule has 1 atom stereocenters. The number of aliphatic hydroxyl groups excluding tert-OH is 2. The van der Waals surface area contributed by atoms with Crippen molar-refractivity contribution in [2.45, 2.75) is 32.1 Å². The summed E-state index contributed by atoms with van der Waals surface area (Å²) in [6.07, 6.45) is 0.647. The van der Waals surface area contributed by atoms with Crippen molar-refractivity contribution in [1.82, 2.24) is 9.55 Å². The molecule has 0 bridgehead atoms. The van der Waals surface area contributed by atoms with E-state index in [0.717, 1.165) is 28.2 Å². The number of nitrogens with zero attached hydrogens (tertiary/aromatic N) is 2. The molecule has 3 aromatic rings. The van der Waals surface area contributed by atoms with Crippen molar-refractivity contribution in [3.63, 3.8) is 0 Å². The number of ether oxygens (including phenoxy) is 2. The number of benzene rings is 2. The van der Waals surface area contributed by atoms with Gasteiger partial charge in [0.05, 0.1) is 44.0 Å². The first kappa shape index (κ1) is 19.4. The average Bonchev–Trinajstić information content (AvgIpc) is 3.04. The second kappa shape index (κ2) is 9.50. The van der Waals surface area contributed by atoms with Crippen LogP contribution >= 0.6 is 0 Å². The van der Waals surface area contributed by atoms with Gasteiger partial charge in [-0.25, -0.2) is 4.98 Å². The largest absolute Gasteiger partial charge is 0.496 e. The van der Waals surface area contributed by atoms with Gasteiger partial charge in [-0.05, 0) is 24.6 Å². The van der Waals surface area contributed by atoms with Crippen molar-refractivity contribution in [2.24, 2.45) is 0 Å². The smallest absolute Gasteiger partial charge is 0.124 e. The highest BCUT2D eigenvalue weighted by Crippen LogP contribution is 2.19. The fourth-order valence-corrected chi connectivity index (χ4v) is 3.15. The highest BCUT2D eigenvalue weighted by atomic mass is 16.5. The van der Waals surface area contributed by atoms with Gasteiger partial charge in [0, 0.05) is 18.6 Å². The fraction of sp³-hybridized carbons (Fsp3) is 0.381. The maximum Gasteiger partial charge on any atom is 0.124 e. The Morgan fingerprint density at radius 3 is 2.70 bits per heavy atom. The van der Waals surface area contributed by atoms with Gasteiger partial charge < -0.3 is 24.3 Å². The topological polar surface area (TPSA) is 76.7 Å². The van der Waals surface area contributed by atoms with Crippen LogP contribution in [0.15, 0.2) is 48.5 Å². The molecule has 1 aromatic heterocycles. The molecule has 0 fully saturated rings. The van der Waals surface area contributed by atoms with E-state index in [2.05, 4.69) is 4.98 Å². The second-order valence-corrected chi connectivity index (χ2v) is 6.44. The standard InChI is InChI=1S/C21H26N2O4/c1-26-20-10-5-2-7-16(20)14-27-15-17(25)13-23-19-9-4-3-8-18(19)22-21(23)11-6-12-24/h2-5,7-10,17,24-25H,6,11-15H2,1H3/t17-/m1/s1. The van der Waals surface area contributed by atoms with E-state index in [0.29, 0.717) is 26.0 Å². The van der Waals surface area contributed by atoms with Crippen LogP contribution in [0, 0.1) is 0 Å². The highest BCUT2D eigenvalue weighted by Gasteiger charge is 2.14. The Labute approximate surface area is 159 Å². The summed E-state index contributed by atoms with van der Waals surface area (Å²) in [4.78, 5) is 4.64. The van der Waals surface area contributed by atoms with Gasteiger partial charge in [0.1, 0.15) is 11.6 Å².